The van der Waals surface area contributed by atoms with Gasteiger partial charge in [0, 0.05) is 13.1 Å². The van der Waals surface area contributed by atoms with Crippen molar-refractivity contribution in [3.8, 4) is 0 Å². The quantitative estimate of drug-likeness (QED) is 0.890. The van der Waals surface area contributed by atoms with E-state index < -0.39 is 5.41 Å². The van der Waals surface area contributed by atoms with Gasteiger partial charge in [-0.2, -0.15) is 0 Å². The third kappa shape index (κ3) is 3.61. The molecule has 0 bridgehead atoms. The number of halogens is 1. The zero-order valence-corrected chi connectivity index (χ0v) is 14.9. The number of hydrogen-bond donors (Lipinski definition) is 1. The van der Waals surface area contributed by atoms with Gasteiger partial charge in [-0.05, 0) is 37.5 Å². The van der Waals surface area contributed by atoms with Gasteiger partial charge < -0.3 is 14.7 Å². The second-order valence-corrected chi connectivity index (χ2v) is 6.83. The van der Waals surface area contributed by atoms with Crippen LogP contribution in [0.15, 0.2) is 34.9 Å². The van der Waals surface area contributed by atoms with Gasteiger partial charge in [-0.25, -0.2) is 4.39 Å². The first-order valence-electron chi connectivity index (χ1n) is 8.65. The largest absolute Gasteiger partial charge is 0.360 e. The van der Waals surface area contributed by atoms with Crippen LogP contribution in [-0.4, -0.2) is 35.5 Å². The van der Waals surface area contributed by atoms with E-state index in [0.29, 0.717) is 30.0 Å². The predicted molar refractivity (Wildman–Crippen MR) is 94.1 cm³/mol. The van der Waals surface area contributed by atoms with E-state index >= 15 is 0 Å². The molecule has 0 radical (unpaired) electrons. The maximum Gasteiger partial charge on any atom is 0.245 e. The summed E-state index contributed by atoms with van der Waals surface area (Å²) in [4.78, 5) is 26.8. The van der Waals surface area contributed by atoms with Crippen LogP contribution in [0.2, 0.25) is 0 Å². The second kappa shape index (κ2) is 7.27. The monoisotopic (exact) mass is 359 g/mol. The minimum atomic E-state index is -0.762. The maximum absolute atomic E-state index is 13.7. The Morgan fingerprint density at radius 2 is 2.04 bits per heavy atom. The molecule has 0 spiro atoms. The summed E-state index contributed by atoms with van der Waals surface area (Å²) < 4.78 is 18.6. The first-order chi connectivity index (χ1) is 12.4. The van der Waals surface area contributed by atoms with E-state index in [1.54, 1.807) is 32.2 Å². The Bertz CT molecular complexity index is 812. The summed E-state index contributed by atoms with van der Waals surface area (Å²) in [6, 6.07) is 7.81. The van der Waals surface area contributed by atoms with Gasteiger partial charge in [0.15, 0.2) is 5.82 Å². The summed E-state index contributed by atoms with van der Waals surface area (Å²) >= 11 is 0. The molecule has 0 unspecified atom stereocenters. The molecule has 1 fully saturated rings. The number of carbonyl (C=O) groups excluding carboxylic acids is 2. The molecule has 1 aliphatic carbocycles. The molecule has 138 valence electrons. The highest BCUT2D eigenvalue weighted by atomic mass is 19.1. The van der Waals surface area contributed by atoms with Gasteiger partial charge in [-0.15, -0.1) is 0 Å². The van der Waals surface area contributed by atoms with Crippen LogP contribution in [0.4, 0.5) is 10.2 Å². The minimum absolute atomic E-state index is 0.109. The van der Waals surface area contributed by atoms with Crippen molar-refractivity contribution < 1.29 is 18.5 Å². The number of anilines is 1. The van der Waals surface area contributed by atoms with Crippen molar-refractivity contribution in [1.82, 2.24) is 10.1 Å². The van der Waals surface area contributed by atoms with Gasteiger partial charge in [0.25, 0.3) is 0 Å². The molecule has 2 amide bonds. The Kier molecular flexibility index (Phi) is 5.06. The smallest absolute Gasteiger partial charge is 0.245 e. The molecule has 7 heteroatoms. The van der Waals surface area contributed by atoms with Crippen LogP contribution in [0.1, 0.15) is 37.0 Å². The maximum atomic E-state index is 13.7. The lowest BCUT2D eigenvalue weighted by Gasteiger charge is -2.32. The molecular weight excluding hydrogens is 337 g/mol. The van der Waals surface area contributed by atoms with Crippen molar-refractivity contribution >= 4 is 17.6 Å². The van der Waals surface area contributed by atoms with E-state index in [9.17, 15) is 14.0 Å². The molecule has 3 rings (SSSR count). The molecule has 0 atom stereocenters. The topological polar surface area (TPSA) is 75.4 Å². The first kappa shape index (κ1) is 18.1. The number of likely N-dealkylation sites (N-methyl/N-ethyl adjacent to an activating group) is 1. The van der Waals surface area contributed by atoms with Crippen LogP contribution in [-0.2, 0) is 15.0 Å². The highest BCUT2D eigenvalue weighted by molar-refractivity contribution is 5.96. The zero-order chi connectivity index (χ0) is 18.7. The van der Waals surface area contributed by atoms with Crippen LogP contribution in [0.25, 0.3) is 0 Å². The fourth-order valence-corrected chi connectivity index (χ4v) is 3.65. The highest BCUT2D eigenvalue weighted by Crippen LogP contribution is 2.42. The van der Waals surface area contributed by atoms with E-state index in [0.717, 1.165) is 12.8 Å². The second-order valence-electron chi connectivity index (χ2n) is 6.83. The van der Waals surface area contributed by atoms with Crippen LogP contribution in [0.5, 0.6) is 0 Å². The lowest BCUT2D eigenvalue weighted by atomic mass is 9.77. The van der Waals surface area contributed by atoms with E-state index in [2.05, 4.69) is 10.5 Å². The van der Waals surface area contributed by atoms with Gasteiger partial charge in [0.2, 0.25) is 11.8 Å². The molecule has 2 aromatic rings. The summed E-state index contributed by atoms with van der Waals surface area (Å²) in [6.07, 6.45) is 3.12. The molecule has 0 aliphatic heterocycles. The van der Waals surface area contributed by atoms with Crippen molar-refractivity contribution in [2.75, 3.05) is 18.9 Å². The molecule has 6 nitrogen and oxygen atoms in total. The number of nitrogens with zero attached hydrogens (tertiary/aromatic N) is 2. The predicted octanol–water partition coefficient (Wildman–Crippen LogP) is 3.03. The highest BCUT2D eigenvalue weighted by Gasteiger charge is 2.44. The van der Waals surface area contributed by atoms with E-state index in [1.807, 2.05) is 0 Å². The minimum Gasteiger partial charge on any atom is -0.360 e. The van der Waals surface area contributed by atoms with Crippen LogP contribution >= 0.6 is 0 Å². The van der Waals surface area contributed by atoms with Gasteiger partial charge >= 0.3 is 0 Å². The number of aryl methyl sites for hydroxylation is 1. The molecule has 1 aromatic carbocycles. The number of amides is 2. The average molecular weight is 359 g/mol. The lowest BCUT2D eigenvalue weighted by Crippen LogP contribution is -2.46. The average Bonchev–Trinajstić information content (AvgIpc) is 3.24. The number of aromatic nitrogens is 1. The molecule has 1 aromatic heterocycles. The van der Waals surface area contributed by atoms with Crippen LogP contribution in [0, 0.1) is 12.7 Å². The van der Waals surface area contributed by atoms with Crippen LogP contribution < -0.4 is 5.32 Å². The number of nitrogens with one attached hydrogen (secondary N) is 1. The summed E-state index contributed by atoms with van der Waals surface area (Å²) in [7, 11) is 1.59. The Hall–Kier alpha value is -2.70. The van der Waals surface area contributed by atoms with Crippen molar-refractivity contribution in [3.63, 3.8) is 0 Å². The molecule has 1 N–H and O–H groups in total. The van der Waals surface area contributed by atoms with Gasteiger partial charge in [-0.1, -0.05) is 30.1 Å². The van der Waals surface area contributed by atoms with Crippen molar-refractivity contribution in [3.05, 3.63) is 47.5 Å². The Labute approximate surface area is 151 Å². The van der Waals surface area contributed by atoms with Gasteiger partial charge in [-0.3, -0.25) is 9.59 Å². The summed E-state index contributed by atoms with van der Waals surface area (Å²) in [6.45, 7) is 1.61. The Morgan fingerprint density at radius 1 is 1.31 bits per heavy atom. The Balaban J connectivity index is 1.73. The fraction of sp³-hybridized carbons (Fsp3) is 0.421. The standard InChI is InChI=1S/C19H22FN3O3/c1-13-10-16(22-26-13)21-17(24)12-23(2)18(25)19(8-3-4-9-19)14-6-5-7-15(20)11-14/h5-7,10-11H,3-4,8-9,12H2,1-2H3,(H,21,22,24). The number of rotatable bonds is 5. The number of benzene rings is 1. The van der Waals surface area contributed by atoms with Crippen molar-refractivity contribution in [2.24, 2.45) is 0 Å². The van der Waals surface area contributed by atoms with Gasteiger partial charge in [0.05, 0.1) is 12.0 Å². The molecule has 1 heterocycles. The summed E-state index contributed by atoms with van der Waals surface area (Å²) in [5, 5.41) is 6.31. The normalized spacial score (nSPS) is 15.7. The van der Waals surface area contributed by atoms with Crippen LogP contribution in [0.3, 0.4) is 0 Å². The zero-order valence-electron chi connectivity index (χ0n) is 14.9. The summed E-state index contributed by atoms with van der Waals surface area (Å²) in [5.74, 6) is 0.0202. The Morgan fingerprint density at radius 3 is 2.65 bits per heavy atom. The molecule has 0 saturated heterocycles. The molecule has 1 saturated carbocycles. The van der Waals surface area contributed by atoms with E-state index in [4.69, 9.17) is 4.52 Å². The number of carbonyl (C=O) groups is 2. The SMILES string of the molecule is Cc1cc(NC(=O)CN(C)C(=O)C2(c3cccc(F)c3)CCCC2)no1. The third-order valence-corrected chi connectivity index (χ3v) is 4.87. The number of hydrogen-bond acceptors (Lipinski definition) is 4. The van der Waals surface area contributed by atoms with Gasteiger partial charge in [0.1, 0.15) is 11.6 Å². The molecule has 1 aliphatic rings. The third-order valence-electron chi connectivity index (χ3n) is 4.87. The first-order valence-corrected chi connectivity index (χ1v) is 8.65. The summed E-state index contributed by atoms with van der Waals surface area (Å²) in [5.41, 5.74) is -0.0823. The molecular formula is C19H22FN3O3. The van der Waals surface area contributed by atoms with E-state index in [1.165, 1.54) is 17.0 Å². The lowest BCUT2D eigenvalue weighted by molar-refractivity contribution is -0.138. The van der Waals surface area contributed by atoms with E-state index in [-0.39, 0.29) is 24.2 Å². The van der Waals surface area contributed by atoms with Crippen molar-refractivity contribution in [1.29, 1.82) is 0 Å². The fourth-order valence-electron chi connectivity index (χ4n) is 3.65. The van der Waals surface area contributed by atoms with Crippen molar-refractivity contribution in [2.45, 2.75) is 38.0 Å². The molecule has 26 heavy (non-hydrogen) atoms.